The summed E-state index contributed by atoms with van der Waals surface area (Å²) in [6.45, 7) is 0. The first-order valence-corrected chi connectivity index (χ1v) is 1.24. The van der Waals surface area contributed by atoms with E-state index in [0.29, 0.717) is 0 Å². The van der Waals surface area contributed by atoms with Crippen LogP contribution in [0.5, 0.6) is 0 Å². The third-order valence-electron chi connectivity index (χ3n) is 0. The molecule has 0 bridgehead atoms. The van der Waals surface area contributed by atoms with Gasteiger partial charge >= 0.3 is 107 Å². The third kappa shape index (κ3) is 354. The third-order valence-corrected chi connectivity index (χ3v) is 0. The topological polar surface area (TPSA) is 124 Å². The monoisotopic (exact) mass is 268 g/mol. The van der Waals surface area contributed by atoms with Gasteiger partial charge in [0.1, 0.15) is 0 Å². The van der Waals surface area contributed by atoms with E-state index in [1.807, 2.05) is 0 Å². The molecule has 0 radical (unpaired) electrons. The van der Waals surface area contributed by atoms with Crippen molar-refractivity contribution in [1.82, 2.24) is 0 Å². The molecule has 0 atom stereocenters. The molecule has 0 aliphatic rings. The Balaban J connectivity index is -0.0000000171. The van der Waals surface area contributed by atoms with E-state index < -0.39 is 12.3 Å². The van der Waals surface area contributed by atoms with Gasteiger partial charge in [0.25, 0.3) is 0 Å². The van der Waals surface area contributed by atoms with Crippen LogP contribution in [0.2, 0.25) is 0 Å². The summed E-state index contributed by atoms with van der Waals surface area (Å²) in [5.41, 5.74) is 0. The fourth-order valence-corrected chi connectivity index (χ4v) is 0. The van der Waals surface area contributed by atoms with Crippen molar-refractivity contribution in [1.29, 1.82) is 0 Å². The van der Waals surface area contributed by atoms with Crippen LogP contribution >= 0.6 is 0 Å². The predicted octanol–water partition coefficient (Wildman–Crippen LogP) is -12.5. The molecule has 0 fully saturated rings. The molecule has 0 aliphatic heterocycles. The molecule has 0 saturated heterocycles. The Morgan fingerprint density at radius 3 is 1.00 bits per heavy atom. The van der Waals surface area contributed by atoms with Gasteiger partial charge in [-0.2, -0.15) is 0 Å². The molecule has 0 rings (SSSR count). The van der Waals surface area contributed by atoms with E-state index in [4.69, 9.17) is 30.0 Å². The minimum absolute atomic E-state index is 0. The van der Waals surface area contributed by atoms with Gasteiger partial charge in [-0.05, 0) is 6.16 Å². The number of carboxylic acid groups (broad SMARTS) is 4. The average Bonchev–Trinajstić information content (AvgIpc) is 1.25. The van der Waals surface area contributed by atoms with Gasteiger partial charge in [0.2, 0.25) is 6.16 Å². The molecule has 0 aliphatic carbocycles. The van der Waals surface area contributed by atoms with Crippen molar-refractivity contribution in [2.24, 2.45) is 0 Å². The first-order chi connectivity index (χ1) is 3.46. The summed E-state index contributed by atoms with van der Waals surface area (Å²) in [5, 5.41) is 32.0. The Morgan fingerprint density at radius 2 is 1.00 bits per heavy atom. The molecule has 1 N–H and O–H groups in total. The van der Waals surface area contributed by atoms with Gasteiger partial charge in [0.05, 0.1) is 0 Å². The van der Waals surface area contributed by atoms with Gasteiger partial charge in [-0.3, -0.25) is 0 Å². The van der Waals surface area contributed by atoms with Crippen LogP contribution in [0.3, 0.4) is 0 Å². The Kier molecular flexibility index (Phi) is 60.2. The van der Waals surface area contributed by atoms with Crippen molar-refractivity contribution >= 4 is 12.3 Å². The Bertz CT molecular complexity index is 76.6. The zero-order chi connectivity index (χ0) is 7.15. The second kappa shape index (κ2) is 22.6. The molecular formula is C2HCsLi2O6. The second-order valence-electron chi connectivity index (χ2n) is 0.516. The van der Waals surface area contributed by atoms with Crippen LogP contribution in [0.1, 0.15) is 0 Å². The summed E-state index contributed by atoms with van der Waals surface area (Å²) in [5.74, 6) is 0. The molecular weight excluding hydrogens is 267 g/mol. The molecule has 0 aromatic rings. The molecule has 0 amide bonds. The molecule has 6 nitrogen and oxygen atoms in total. The van der Waals surface area contributed by atoms with Gasteiger partial charge in [-0.15, -0.1) is 0 Å². The number of rotatable bonds is 0. The van der Waals surface area contributed by atoms with Gasteiger partial charge in [-0.1, -0.05) is 0 Å². The quantitative estimate of drug-likeness (QED) is 0.435. The van der Waals surface area contributed by atoms with E-state index in [1.165, 1.54) is 0 Å². The van der Waals surface area contributed by atoms with Gasteiger partial charge in [-0.25, -0.2) is 0 Å². The first kappa shape index (κ1) is 29.3. The zero-order valence-electron chi connectivity index (χ0n) is 6.49. The van der Waals surface area contributed by atoms with Crippen LogP contribution in [0.15, 0.2) is 0 Å². The maximum Gasteiger partial charge on any atom is 1.00 e. The summed E-state index contributed by atoms with van der Waals surface area (Å²) >= 11 is 0. The maximum atomic E-state index is 8.44. The first-order valence-electron chi connectivity index (χ1n) is 1.24. The molecule has 48 valence electrons. The van der Waals surface area contributed by atoms with Crippen molar-refractivity contribution in [2.45, 2.75) is 0 Å². The Labute approximate surface area is 146 Å². The van der Waals surface area contributed by atoms with Crippen LogP contribution in [-0.4, -0.2) is 17.4 Å². The maximum absolute atomic E-state index is 8.44. The number of hydrogen-bond acceptors (Lipinski definition) is 5. The van der Waals surface area contributed by atoms with Crippen LogP contribution < -0.4 is 122 Å². The molecule has 0 saturated carbocycles. The van der Waals surface area contributed by atoms with E-state index in [1.54, 1.807) is 0 Å². The Morgan fingerprint density at radius 1 is 1.00 bits per heavy atom. The SMILES string of the molecule is O=C([O-])O.O=C([O-])[O-].[Cs+].[Li+].[Li+]. The molecule has 0 unspecified atom stereocenters. The van der Waals surface area contributed by atoms with E-state index in [9.17, 15) is 0 Å². The molecule has 9 heteroatoms. The van der Waals surface area contributed by atoms with E-state index in [0.717, 1.165) is 0 Å². The van der Waals surface area contributed by atoms with Crippen LogP contribution in [0, 0.1) is 0 Å². The average molecular weight is 268 g/mol. The largest absolute Gasteiger partial charge is 1.00 e. The fourth-order valence-electron chi connectivity index (χ4n) is 0. The van der Waals surface area contributed by atoms with E-state index >= 15 is 0 Å². The minimum Gasteiger partial charge on any atom is -0.652 e. The summed E-state index contributed by atoms with van der Waals surface area (Å²) < 4.78 is 0. The smallest absolute Gasteiger partial charge is 0.652 e. The van der Waals surface area contributed by atoms with Gasteiger partial charge in [0, 0.05) is 0 Å². The summed E-state index contributed by atoms with van der Waals surface area (Å²) in [4.78, 5) is 16.8. The summed E-state index contributed by atoms with van der Waals surface area (Å²) in [7, 11) is 0. The van der Waals surface area contributed by atoms with Crippen molar-refractivity contribution in [3.05, 3.63) is 0 Å². The Hall–Kier alpha value is 1.79. The van der Waals surface area contributed by atoms with Crippen molar-refractivity contribution < 1.29 is 137 Å². The summed E-state index contributed by atoms with van der Waals surface area (Å²) in [6, 6.07) is 0. The van der Waals surface area contributed by atoms with Crippen molar-refractivity contribution in [3.63, 3.8) is 0 Å². The second-order valence-corrected chi connectivity index (χ2v) is 0.516. The molecule has 0 aromatic heterocycles. The van der Waals surface area contributed by atoms with Crippen LogP contribution in [-0.2, 0) is 0 Å². The standard InChI is InChI=1S/2CH2O3.Cs.2Li/c2*2-1(3)4;;;/h2*(H2,2,3,4);;;/q;;3*+1/p-3. The molecule has 11 heavy (non-hydrogen) atoms. The number of hydrogen-bond donors (Lipinski definition) is 1. The summed E-state index contributed by atoms with van der Waals surface area (Å²) in [6.07, 6.45) is -4.42. The van der Waals surface area contributed by atoms with Gasteiger partial charge in [0.15, 0.2) is 0 Å². The van der Waals surface area contributed by atoms with E-state index in [2.05, 4.69) is 0 Å². The molecule has 0 aromatic carbocycles. The predicted molar refractivity (Wildman–Crippen MR) is 13.4 cm³/mol. The molecule has 0 heterocycles. The van der Waals surface area contributed by atoms with E-state index in [-0.39, 0.29) is 107 Å². The normalized spacial score (nSPS) is 4.36. The zero-order valence-corrected chi connectivity index (χ0v) is 12.8. The minimum atomic E-state index is -2.33. The molecule has 0 spiro atoms. The van der Waals surface area contributed by atoms with Crippen molar-refractivity contribution in [3.8, 4) is 0 Å². The van der Waals surface area contributed by atoms with Crippen LogP contribution in [0.4, 0.5) is 9.59 Å². The van der Waals surface area contributed by atoms with Crippen LogP contribution in [0.25, 0.3) is 0 Å². The fraction of sp³-hybridized carbons (Fsp3) is 0. The van der Waals surface area contributed by atoms with Gasteiger partial charge < -0.3 is 30.0 Å². The van der Waals surface area contributed by atoms with Crippen molar-refractivity contribution in [2.75, 3.05) is 0 Å². The number of carbonyl (C=O) groups is 2. The number of carbonyl (C=O) groups excluding carboxylic acids is 1.